The molecule has 0 radical (unpaired) electrons. The molecule has 1 fully saturated rings. The minimum Gasteiger partial charge on any atom is -0.378 e. The summed E-state index contributed by atoms with van der Waals surface area (Å²) in [6.07, 6.45) is 0. The summed E-state index contributed by atoms with van der Waals surface area (Å²) in [4.78, 5) is 13.5. The SMILES string of the molecule is c1ccc(-n2c(-c3cccs3)nc3ccc(-c4cccc(N5CCOCC5)c4)nc32)cc1. The lowest BCUT2D eigenvalue weighted by Crippen LogP contribution is -2.36. The van der Waals surface area contributed by atoms with Crippen molar-refractivity contribution in [2.75, 3.05) is 31.2 Å². The van der Waals surface area contributed by atoms with Crippen LogP contribution < -0.4 is 4.90 Å². The molecule has 4 heterocycles. The summed E-state index contributed by atoms with van der Waals surface area (Å²) in [7, 11) is 0. The number of anilines is 1. The number of rotatable bonds is 4. The summed E-state index contributed by atoms with van der Waals surface area (Å²) in [6.45, 7) is 3.38. The fourth-order valence-corrected chi connectivity index (χ4v) is 4.90. The molecular weight excluding hydrogens is 416 g/mol. The Balaban J connectivity index is 1.49. The van der Waals surface area contributed by atoms with Crippen LogP contribution in [0.3, 0.4) is 0 Å². The van der Waals surface area contributed by atoms with Gasteiger partial charge in [0.2, 0.25) is 0 Å². The van der Waals surface area contributed by atoms with Crippen LogP contribution >= 0.6 is 11.3 Å². The van der Waals surface area contributed by atoms with Gasteiger partial charge in [0.15, 0.2) is 11.5 Å². The van der Waals surface area contributed by atoms with Crippen molar-refractivity contribution in [3.8, 4) is 27.6 Å². The lowest BCUT2D eigenvalue weighted by molar-refractivity contribution is 0.122. The van der Waals surface area contributed by atoms with Gasteiger partial charge >= 0.3 is 0 Å². The van der Waals surface area contributed by atoms with Crippen LogP contribution in [0.15, 0.2) is 84.2 Å². The maximum Gasteiger partial charge on any atom is 0.165 e. The fraction of sp³-hybridized carbons (Fsp3) is 0.154. The van der Waals surface area contributed by atoms with Gasteiger partial charge in [0.1, 0.15) is 5.52 Å². The van der Waals surface area contributed by atoms with E-state index in [0.717, 1.165) is 65.1 Å². The van der Waals surface area contributed by atoms with Crippen LogP contribution in [0.4, 0.5) is 5.69 Å². The molecular formula is C26H22N4OS. The summed E-state index contributed by atoms with van der Waals surface area (Å²) in [5.41, 5.74) is 6.09. The van der Waals surface area contributed by atoms with Crippen molar-refractivity contribution in [1.29, 1.82) is 0 Å². The summed E-state index contributed by atoms with van der Waals surface area (Å²) in [6, 6.07) is 27.3. The molecule has 6 heteroatoms. The molecule has 0 spiro atoms. The lowest BCUT2D eigenvalue weighted by Gasteiger charge is -2.29. The number of hydrogen-bond acceptors (Lipinski definition) is 5. The molecule has 0 bridgehead atoms. The minimum atomic E-state index is 0.774. The molecule has 158 valence electrons. The van der Waals surface area contributed by atoms with E-state index in [2.05, 4.69) is 87.6 Å². The third kappa shape index (κ3) is 3.47. The Morgan fingerprint density at radius 2 is 1.62 bits per heavy atom. The Hall–Kier alpha value is -3.48. The molecule has 6 rings (SSSR count). The number of pyridine rings is 1. The molecule has 5 aromatic rings. The molecule has 0 N–H and O–H groups in total. The van der Waals surface area contributed by atoms with Crippen molar-refractivity contribution in [2.24, 2.45) is 0 Å². The second kappa shape index (κ2) is 8.22. The number of hydrogen-bond donors (Lipinski definition) is 0. The topological polar surface area (TPSA) is 43.2 Å². The molecule has 32 heavy (non-hydrogen) atoms. The molecule has 2 aromatic carbocycles. The summed E-state index contributed by atoms with van der Waals surface area (Å²) < 4.78 is 7.67. The third-order valence-corrected chi connectivity index (χ3v) is 6.64. The van der Waals surface area contributed by atoms with Gasteiger partial charge in [-0.3, -0.25) is 4.57 Å². The smallest absolute Gasteiger partial charge is 0.165 e. The first-order valence-electron chi connectivity index (χ1n) is 10.8. The Bertz CT molecular complexity index is 1360. The second-order valence-corrected chi connectivity index (χ2v) is 8.72. The van der Waals surface area contributed by atoms with Crippen LogP contribution in [0.5, 0.6) is 0 Å². The summed E-state index contributed by atoms with van der Waals surface area (Å²) in [5.74, 6) is 0.924. The lowest BCUT2D eigenvalue weighted by atomic mass is 10.1. The molecule has 1 aliphatic heterocycles. The first kappa shape index (κ1) is 19.2. The highest BCUT2D eigenvalue weighted by atomic mass is 32.1. The molecule has 0 atom stereocenters. The van der Waals surface area contributed by atoms with Gasteiger partial charge in [-0.25, -0.2) is 9.97 Å². The average molecular weight is 439 g/mol. The van der Waals surface area contributed by atoms with Gasteiger partial charge < -0.3 is 9.64 Å². The highest BCUT2D eigenvalue weighted by Crippen LogP contribution is 2.32. The Kier molecular flexibility index (Phi) is 4.94. The number of fused-ring (bicyclic) bond motifs is 1. The molecule has 1 saturated heterocycles. The number of benzene rings is 2. The standard InChI is InChI=1S/C26H22N4OS/c1-2-7-20(8-3-1)30-25-23(28-26(30)24-10-5-17-32-24)12-11-22(27-25)19-6-4-9-21(18-19)29-13-15-31-16-14-29/h1-12,17-18H,13-16H2. The normalized spacial score (nSPS) is 14.2. The number of para-hydroxylation sites is 1. The van der Waals surface area contributed by atoms with E-state index in [0.29, 0.717) is 0 Å². The Morgan fingerprint density at radius 1 is 0.781 bits per heavy atom. The quantitative estimate of drug-likeness (QED) is 0.364. The number of thiophene rings is 1. The largest absolute Gasteiger partial charge is 0.378 e. The molecule has 0 amide bonds. The molecule has 0 saturated carbocycles. The molecule has 1 aliphatic rings. The van der Waals surface area contributed by atoms with Gasteiger partial charge in [-0.05, 0) is 47.8 Å². The van der Waals surface area contributed by atoms with Crippen LogP contribution in [0.25, 0.3) is 38.8 Å². The van der Waals surface area contributed by atoms with E-state index in [1.807, 2.05) is 6.07 Å². The zero-order valence-corrected chi connectivity index (χ0v) is 18.3. The van der Waals surface area contributed by atoms with Gasteiger partial charge in [-0.15, -0.1) is 11.3 Å². The number of morpholine rings is 1. The number of nitrogens with zero attached hydrogens (tertiary/aromatic N) is 4. The number of ether oxygens (including phenoxy) is 1. The highest BCUT2D eigenvalue weighted by Gasteiger charge is 2.18. The van der Waals surface area contributed by atoms with Crippen molar-refractivity contribution in [3.63, 3.8) is 0 Å². The van der Waals surface area contributed by atoms with E-state index >= 15 is 0 Å². The zero-order valence-electron chi connectivity index (χ0n) is 17.5. The van der Waals surface area contributed by atoms with Crippen molar-refractivity contribution < 1.29 is 4.74 Å². The maximum atomic E-state index is 5.51. The van der Waals surface area contributed by atoms with Crippen molar-refractivity contribution in [2.45, 2.75) is 0 Å². The molecule has 0 aliphatic carbocycles. The first-order valence-corrected chi connectivity index (χ1v) is 11.7. The van der Waals surface area contributed by atoms with E-state index < -0.39 is 0 Å². The van der Waals surface area contributed by atoms with Crippen LogP contribution in [-0.2, 0) is 4.74 Å². The van der Waals surface area contributed by atoms with Crippen molar-refractivity contribution >= 4 is 28.2 Å². The Labute approximate surface area is 190 Å². The highest BCUT2D eigenvalue weighted by molar-refractivity contribution is 7.13. The van der Waals surface area contributed by atoms with Crippen LogP contribution in [-0.4, -0.2) is 40.8 Å². The maximum absolute atomic E-state index is 5.51. The van der Waals surface area contributed by atoms with Gasteiger partial charge in [0.05, 0.1) is 23.8 Å². The molecule has 3 aromatic heterocycles. The Morgan fingerprint density at radius 3 is 2.44 bits per heavy atom. The van der Waals surface area contributed by atoms with Gasteiger partial charge in [-0.2, -0.15) is 0 Å². The predicted molar refractivity (Wildman–Crippen MR) is 131 cm³/mol. The summed E-state index contributed by atoms with van der Waals surface area (Å²) in [5, 5.41) is 2.08. The number of imidazole rings is 1. The van der Waals surface area contributed by atoms with E-state index in [-0.39, 0.29) is 0 Å². The van der Waals surface area contributed by atoms with Gasteiger partial charge in [0, 0.05) is 30.0 Å². The summed E-state index contributed by atoms with van der Waals surface area (Å²) >= 11 is 1.69. The number of aromatic nitrogens is 3. The predicted octanol–water partition coefficient (Wildman–Crippen LogP) is 5.65. The van der Waals surface area contributed by atoms with E-state index in [1.165, 1.54) is 5.69 Å². The van der Waals surface area contributed by atoms with Gasteiger partial charge in [0.25, 0.3) is 0 Å². The zero-order chi connectivity index (χ0) is 21.3. The van der Waals surface area contributed by atoms with E-state index in [9.17, 15) is 0 Å². The van der Waals surface area contributed by atoms with Crippen LogP contribution in [0, 0.1) is 0 Å². The van der Waals surface area contributed by atoms with E-state index in [1.54, 1.807) is 11.3 Å². The van der Waals surface area contributed by atoms with Crippen LogP contribution in [0.2, 0.25) is 0 Å². The molecule has 5 nitrogen and oxygen atoms in total. The third-order valence-electron chi connectivity index (χ3n) is 5.78. The van der Waals surface area contributed by atoms with Crippen LogP contribution in [0.1, 0.15) is 0 Å². The first-order chi connectivity index (χ1) is 15.9. The van der Waals surface area contributed by atoms with Crippen molar-refractivity contribution in [3.05, 3.63) is 84.2 Å². The monoisotopic (exact) mass is 438 g/mol. The molecule has 0 unspecified atom stereocenters. The van der Waals surface area contributed by atoms with E-state index in [4.69, 9.17) is 14.7 Å². The minimum absolute atomic E-state index is 0.774. The average Bonchev–Trinajstić information content (AvgIpc) is 3.53. The van der Waals surface area contributed by atoms with Crippen molar-refractivity contribution in [1.82, 2.24) is 14.5 Å². The fourth-order valence-electron chi connectivity index (χ4n) is 4.19. The van der Waals surface area contributed by atoms with Gasteiger partial charge in [-0.1, -0.05) is 36.4 Å². The second-order valence-electron chi connectivity index (χ2n) is 7.77.